The van der Waals surface area contributed by atoms with Crippen LogP contribution in [-0.2, 0) is 6.42 Å². The van der Waals surface area contributed by atoms with Gasteiger partial charge in [0.05, 0.1) is 19.9 Å². The molecular weight excluding hydrogens is 364 g/mol. The third-order valence-electron chi connectivity index (χ3n) is 3.95. The fourth-order valence-corrected chi connectivity index (χ4v) is 2.77. The molecule has 0 radical (unpaired) electrons. The van der Waals surface area contributed by atoms with Crippen LogP contribution in [-0.4, -0.2) is 30.7 Å². The second kappa shape index (κ2) is 9.09. The highest BCUT2D eigenvalue weighted by atomic mass is 35.5. The van der Waals surface area contributed by atoms with Crippen LogP contribution in [0.3, 0.4) is 0 Å². The van der Waals surface area contributed by atoms with Crippen molar-refractivity contribution in [3.63, 3.8) is 0 Å². The minimum atomic E-state index is 0.615. The summed E-state index contributed by atoms with van der Waals surface area (Å²) in [7, 11) is 3.28. The third kappa shape index (κ3) is 5.24. The topological polar surface area (TPSA) is 68.3 Å². The standard InChI is InChI=1S/C20H21ClN4O2/c1-26-16-5-3-4-14(10-16)8-9-22-19-12-20(24-13-23-19)25-17-11-15(21)6-7-18(17)27-2/h3-7,10-13H,8-9H2,1-2H3,(H2,22,23,24,25). The van der Waals surface area contributed by atoms with E-state index in [0.717, 1.165) is 30.2 Å². The molecule has 0 saturated heterocycles. The molecule has 6 nitrogen and oxygen atoms in total. The average Bonchev–Trinajstić information content (AvgIpc) is 2.69. The molecule has 27 heavy (non-hydrogen) atoms. The van der Waals surface area contributed by atoms with Gasteiger partial charge in [-0.25, -0.2) is 9.97 Å². The summed E-state index contributed by atoms with van der Waals surface area (Å²) in [5, 5.41) is 7.13. The Kier molecular flexibility index (Phi) is 6.33. The summed E-state index contributed by atoms with van der Waals surface area (Å²) in [6.45, 7) is 0.740. The summed E-state index contributed by atoms with van der Waals surface area (Å²) >= 11 is 6.07. The molecule has 2 aromatic carbocycles. The zero-order chi connectivity index (χ0) is 19.1. The van der Waals surface area contributed by atoms with Crippen LogP contribution in [0, 0.1) is 0 Å². The number of rotatable bonds is 8. The Labute approximate surface area is 163 Å². The van der Waals surface area contributed by atoms with E-state index < -0.39 is 0 Å². The molecule has 0 spiro atoms. The Morgan fingerprint density at radius 3 is 2.63 bits per heavy atom. The fourth-order valence-electron chi connectivity index (χ4n) is 2.60. The first kappa shape index (κ1) is 18.8. The predicted molar refractivity (Wildman–Crippen MR) is 109 cm³/mol. The van der Waals surface area contributed by atoms with Crippen LogP contribution in [0.5, 0.6) is 11.5 Å². The lowest BCUT2D eigenvalue weighted by Gasteiger charge is -2.12. The van der Waals surface area contributed by atoms with E-state index in [1.54, 1.807) is 32.4 Å². The van der Waals surface area contributed by atoms with Gasteiger partial charge in [-0.3, -0.25) is 0 Å². The van der Waals surface area contributed by atoms with Crippen molar-refractivity contribution in [3.8, 4) is 11.5 Å². The predicted octanol–water partition coefficient (Wildman–Crippen LogP) is 4.55. The molecule has 3 aromatic rings. The Balaban J connectivity index is 1.63. The number of nitrogens with zero attached hydrogens (tertiary/aromatic N) is 2. The lowest BCUT2D eigenvalue weighted by molar-refractivity contribution is 0.414. The average molecular weight is 385 g/mol. The summed E-state index contributed by atoms with van der Waals surface area (Å²) in [5.74, 6) is 2.92. The quantitative estimate of drug-likeness (QED) is 0.594. The Morgan fingerprint density at radius 1 is 0.963 bits per heavy atom. The molecule has 7 heteroatoms. The molecule has 2 N–H and O–H groups in total. The first-order valence-electron chi connectivity index (χ1n) is 8.47. The molecule has 0 aliphatic heterocycles. The Morgan fingerprint density at radius 2 is 1.81 bits per heavy atom. The maximum absolute atomic E-state index is 6.07. The molecule has 140 valence electrons. The van der Waals surface area contributed by atoms with Crippen molar-refractivity contribution in [2.45, 2.75) is 6.42 Å². The summed E-state index contributed by atoms with van der Waals surface area (Å²) in [6, 6.07) is 15.2. The fraction of sp³-hybridized carbons (Fsp3) is 0.200. The van der Waals surface area contributed by atoms with E-state index in [-0.39, 0.29) is 0 Å². The number of halogens is 1. The van der Waals surface area contributed by atoms with Crippen molar-refractivity contribution in [2.75, 3.05) is 31.4 Å². The van der Waals surface area contributed by atoms with E-state index in [4.69, 9.17) is 21.1 Å². The van der Waals surface area contributed by atoms with E-state index in [0.29, 0.717) is 16.6 Å². The van der Waals surface area contributed by atoms with Crippen LogP contribution in [0.1, 0.15) is 5.56 Å². The van der Waals surface area contributed by atoms with Crippen molar-refractivity contribution in [2.24, 2.45) is 0 Å². The van der Waals surface area contributed by atoms with E-state index in [2.05, 4.69) is 26.7 Å². The molecule has 0 bridgehead atoms. The molecule has 1 aromatic heterocycles. The molecule has 0 atom stereocenters. The van der Waals surface area contributed by atoms with Gasteiger partial charge in [-0.2, -0.15) is 0 Å². The molecule has 0 amide bonds. The summed E-state index contributed by atoms with van der Waals surface area (Å²) in [6.07, 6.45) is 2.36. The minimum absolute atomic E-state index is 0.615. The lowest BCUT2D eigenvalue weighted by Crippen LogP contribution is -2.07. The van der Waals surface area contributed by atoms with Gasteiger partial charge in [0.25, 0.3) is 0 Å². The summed E-state index contributed by atoms with van der Waals surface area (Å²) in [4.78, 5) is 8.51. The molecule has 0 saturated carbocycles. The van der Waals surface area contributed by atoms with Gasteiger partial charge in [0.2, 0.25) is 0 Å². The first-order valence-corrected chi connectivity index (χ1v) is 8.85. The van der Waals surface area contributed by atoms with Crippen LogP contribution in [0.4, 0.5) is 17.3 Å². The maximum atomic E-state index is 6.07. The smallest absolute Gasteiger partial charge is 0.142 e. The monoisotopic (exact) mass is 384 g/mol. The lowest BCUT2D eigenvalue weighted by atomic mass is 10.1. The van der Waals surface area contributed by atoms with Gasteiger partial charge in [-0.15, -0.1) is 0 Å². The van der Waals surface area contributed by atoms with Gasteiger partial charge in [-0.05, 0) is 42.3 Å². The number of hydrogen-bond acceptors (Lipinski definition) is 6. The van der Waals surface area contributed by atoms with Crippen molar-refractivity contribution < 1.29 is 9.47 Å². The minimum Gasteiger partial charge on any atom is -0.497 e. The first-order chi connectivity index (χ1) is 13.2. The number of aromatic nitrogens is 2. The molecule has 3 rings (SSSR count). The molecular formula is C20H21ClN4O2. The largest absolute Gasteiger partial charge is 0.497 e. The molecule has 1 heterocycles. The van der Waals surface area contributed by atoms with Gasteiger partial charge < -0.3 is 20.1 Å². The van der Waals surface area contributed by atoms with E-state index in [1.165, 1.54) is 11.9 Å². The number of nitrogens with one attached hydrogen (secondary N) is 2. The maximum Gasteiger partial charge on any atom is 0.142 e. The zero-order valence-electron chi connectivity index (χ0n) is 15.2. The highest BCUT2D eigenvalue weighted by Crippen LogP contribution is 2.30. The summed E-state index contributed by atoms with van der Waals surface area (Å²) in [5.41, 5.74) is 1.93. The van der Waals surface area contributed by atoms with Crippen molar-refractivity contribution in [1.82, 2.24) is 9.97 Å². The van der Waals surface area contributed by atoms with Gasteiger partial charge in [-0.1, -0.05) is 23.7 Å². The van der Waals surface area contributed by atoms with E-state index in [9.17, 15) is 0 Å². The van der Waals surface area contributed by atoms with Crippen LogP contribution >= 0.6 is 11.6 Å². The summed E-state index contributed by atoms with van der Waals surface area (Å²) < 4.78 is 10.6. The van der Waals surface area contributed by atoms with Gasteiger partial charge >= 0.3 is 0 Å². The molecule has 0 aliphatic carbocycles. The zero-order valence-corrected chi connectivity index (χ0v) is 16.0. The molecule has 0 aliphatic rings. The van der Waals surface area contributed by atoms with Crippen LogP contribution in [0.2, 0.25) is 5.02 Å². The SMILES string of the molecule is COc1cccc(CCNc2cc(Nc3cc(Cl)ccc3OC)ncn2)c1. The number of benzene rings is 2. The van der Waals surface area contributed by atoms with Crippen molar-refractivity contribution in [1.29, 1.82) is 0 Å². The van der Waals surface area contributed by atoms with E-state index >= 15 is 0 Å². The molecule has 0 fully saturated rings. The van der Waals surface area contributed by atoms with Crippen molar-refractivity contribution in [3.05, 3.63) is 65.4 Å². The van der Waals surface area contributed by atoms with Gasteiger partial charge in [0.1, 0.15) is 29.5 Å². The van der Waals surface area contributed by atoms with Crippen LogP contribution in [0.25, 0.3) is 0 Å². The number of methoxy groups -OCH3 is 2. The van der Waals surface area contributed by atoms with Crippen LogP contribution < -0.4 is 20.1 Å². The number of anilines is 3. The van der Waals surface area contributed by atoms with Crippen molar-refractivity contribution >= 4 is 28.9 Å². The second-order valence-corrected chi connectivity index (χ2v) is 6.22. The van der Waals surface area contributed by atoms with Gasteiger partial charge in [0.15, 0.2) is 0 Å². The number of ether oxygens (including phenoxy) is 2. The number of hydrogen-bond donors (Lipinski definition) is 2. The van der Waals surface area contributed by atoms with Gasteiger partial charge in [0, 0.05) is 17.6 Å². The highest BCUT2D eigenvalue weighted by molar-refractivity contribution is 6.31. The normalized spacial score (nSPS) is 10.3. The Bertz CT molecular complexity index is 905. The Hall–Kier alpha value is -2.99. The van der Waals surface area contributed by atoms with E-state index in [1.807, 2.05) is 24.3 Å². The molecule has 0 unspecified atom stereocenters. The highest BCUT2D eigenvalue weighted by Gasteiger charge is 2.06. The second-order valence-electron chi connectivity index (χ2n) is 5.79. The van der Waals surface area contributed by atoms with Crippen LogP contribution in [0.15, 0.2) is 54.9 Å². The third-order valence-corrected chi connectivity index (χ3v) is 4.18.